The molecule has 0 saturated heterocycles. The van der Waals surface area contributed by atoms with Crippen LogP contribution in [0.3, 0.4) is 0 Å². The molecule has 0 aromatic rings. The lowest BCUT2D eigenvalue weighted by Gasteiger charge is -1.93. The molecule has 0 saturated carbocycles. The van der Waals surface area contributed by atoms with E-state index in [2.05, 4.69) is 0 Å². The minimum atomic E-state index is -0.827. The van der Waals surface area contributed by atoms with E-state index in [0.29, 0.717) is 10.1 Å². The largest absolute Gasteiger partial charge is 0.481 e. The standard InChI is InChI=1S/C5H6Cl2O2S/c6-3-4(7)10-2-1-5(8)9/h3H,1-2H2,(H,8,9)/b4-3-. The highest BCUT2D eigenvalue weighted by Gasteiger charge is 1.97. The molecule has 0 spiro atoms. The first kappa shape index (κ1) is 10.1. The summed E-state index contributed by atoms with van der Waals surface area (Å²) < 4.78 is 0.419. The lowest BCUT2D eigenvalue weighted by molar-refractivity contribution is -0.136. The number of carboxylic acids is 1. The highest BCUT2D eigenvalue weighted by atomic mass is 35.5. The summed E-state index contributed by atoms with van der Waals surface area (Å²) in [5.41, 5.74) is 1.22. The van der Waals surface area contributed by atoms with Crippen molar-refractivity contribution < 1.29 is 9.90 Å². The van der Waals surface area contributed by atoms with Gasteiger partial charge in [-0.3, -0.25) is 4.79 Å². The predicted octanol–water partition coefficient (Wildman–Crippen LogP) is 2.47. The Morgan fingerprint density at radius 3 is 2.70 bits per heavy atom. The Bertz CT molecular complexity index is 147. The number of aliphatic carboxylic acids is 1. The summed E-state index contributed by atoms with van der Waals surface area (Å²) in [5, 5.41) is 8.19. The molecule has 0 heterocycles. The van der Waals surface area contributed by atoms with Gasteiger partial charge in [0.25, 0.3) is 0 Å². The molecule has 0 radical (unpaired) electrons. The van der Waals surface area contributed by atoms with Crippen LogP contribution in [0.25, 0.3) is 0 Å². The number of halogens is 2. The van der Waals surface area contributed by atoms with Crippen LogP contribution >= 0.6 is 35.0 Å². The molecule has 0 aliphatic rings. The Morgan fingerprint density at radius 2 is 2.30 bits per heavy atom. The van der Waals surface area contributed by atoms with Gasteiger partial charge in [0, 0.05) is 11.3 Å². The molecular weight excluding hydrogens is 195 g/mol. The minimum absolute atomic E-state index is 0.103. The van der Waals surface area contributed by atoms with Crippen LogP contribution in [0.5, 0.6) is 0 Å². The monoisotopic (exact) mass is 200 g/mol. The number of carbonyl (C=O) groups is 1. The van der Waals surface area contributed by atoms with Crippen molar-refractivity contribution in [3.8, 4) is 0 Å². The second-order valence-corrected chi connectivity index (χ2v) is 3.39. The molecule has 0 aliphatic heterocycles. The summed E-state index contributed by atoms with van der Waals surface area (Å²) in [6, 6.07) is 0. The second kappa shape index (κ2) is 5.89. The smallest absolute Gasteiger partial charge is 0.304 e. The van der Waals surface area contributed by atoms with Crippen molar-refractivity contribution in [3.05, 3.63) is 9.90 Å². The van der Waals surface area contributed by atoms with Gasteiger partial charge in [0.1, 0.15) is 0 Å². The Morgan fingerprint density at radius 1 is 1.70 bits per heavy atom. The first-order valence-corrected chi connectivity index (χ1v) is 4.27. The van der Waals surface area contributed by atoms with E-state index in [0.717, 1.165) is 0 Å². The highest BCUT2D eigenvalue weighted by molar-refractivity contribution is 8.04. The lowest BCUT2D eigenvalue weighted by atomic mass is 10.5. The van der Waals surface area contributed by atoms with Gasteiger partial charge in [0.2, 0.25) is 0 Å². The van der Waals surface area contributed by atoms with Crippen molar-refractivity contribution in [1.29, 1.82) is 0 Å². The van der Waals surface area contributed by atoms with E-state index in [9.17, 15) is 4.79 Å². The summed E-state index contributed by atoms with van der Waals surface area (Å²) >= 11 is 11.9. The van der Waals surface area contributed by atoms with Crippen LogP contribution in [0.15, 0.2) is 9.90 Å². The fraction of sp³-hybridized carbons (Fsp3) is 0.400. The zero-order valence-electron chi connectivity index (χ0n) is 5.01. The zero-order chi connectivity index (χ0) is 7.98. The molecule has 58 valence electrons. The van der Waals surface area contributed by atoms with Crippen molar-refractivity contribution in [3.63, 3.8) is 0 Å². The third-order valence-corrected chi connectivity index (χ3v) is 2.34. The van der Waals surface area contributed by atoms with Crippen molar-refractivity contribution >= 4 is 40.9 Å². The third-order valence-electron chi connectivity index (χ3n) is 0.642. The fourth-order valence-electron chi connectivity index (χ4n) is 0.267. The van der Waals surface area contributed by atoms with Crippen LogP contribution in [-0.4, -0.2) is 16.8 Å². The van der Waals surface area contributed by atoms with Gasteiger partial charge >= 0.3 is 5.97 Å². The number of hydrogen-bond donors (Lipinski definition) is 1. The van der Waals surface area contributed by atoms with E-state index in [4.69, 9.17) is 28.3 Å². The SMILES string of the molecule is O=C(O)CCS/C(Cl)=C\Cl. The Labute approximate surface area is 73.2 Å². The molecule has 0 rings (SSSR count). The van der Waals surface area contributed by atoms with Gasteiger partial charge in [-0.15, -0.1) is 11.8 Å². The van der Waals surface area contributed by atoms with Crippen LogP contribution in [0.2, 0.25) is 0 Å². The van der Waals surface area contributed by atoms with Gasteiger partial charge in [-0.25, -0.2) is 0 Å². The Hall–Kier alpha value is 0.140. The number of thioether (sulfide) groups is 1. The molecule has 1 N–H and O–H groups in total. The normalized spacial score (nSPS) is 11.6. The van der Waals surface area contributed by atoms with E-state index in [1.54, 1.807) is 0 Å². The molecule has 0 bridgehead atoms. The van der Waals surface area contributed by atoms with Crippen LogP contribution in [0, 0.1) is 0 Å². The topological polar surface area (TPSA) is 37.3 Å². The zero-order valence-corrected chi connectivity index (χ0v) is 7.34. The average Bonchev–Trinajstić information content (AvgIpc) is 1.87. The van der Waals surface area contributed by atoms with Crippen molar-refractivity contribution in [2.75, 3.05) is 5.75 Å². The molecule has 0 unspecified atom stereocenters. The van der Waals surface area contributed by atoms with Crippen LogP contribution in [0.1, 0.15) is 6.42 Å². The van der Waals surface area contributed by atoms with Gasteiger partial charge in [0.15, 0.2) is 0 Å². The van der Waals surface area contributed by atoms with E-state index >= 15 is 0 Å². The predicted molar refractivity (Wildman–Crippen MR) is 44.5 cm³/mol. The molecule has 0 aliphatic carbocycles. The molecule has 5 heteroatoms. The average molecular weight is 201 g/mol. The summed E-state index contributed by atoms with van der Waals surface area (Å²) in [5.74, 6) is -0.372. The minimum Gasteiger partial charge on any atom is -0.481 e. The second-order valence-electron chi connectivity index (χ2n) is 1.41. The maximum atomic E-state index is 9.96. The molecule has 0 amide bonds. The van der Waals surface area contributed by atoms with Gasteiger partial charge in [-0.2, -0.15) is 0 Å². The highest BCUT2D eigenvalue weighted by Crippen LogP contribution is 2.20. The molecule has 0 atom stereocenters. The number of rotatable bonds is 4. The molecule has 0 fully saturated rings. The molecular formula is C5H6Cl2O2S. The molecule has 10 heavy (non-hydrogen) atoms. The van der Waals surface area contributed by atoms with Gasteiger partial charge in [-0.05, 0) is 0 Å². The molecule has 0 aromatic carbocycles. The van der Waals surface area contributed by atoms with Gasteiger partial charge in [-0.1, -0.05) is 23.2 Å². The van der Waals surface area contributed by atoms with E-state index in [-0.39, 0.29) is 6.42 Å². The van der Waals surface area contributed by atoms with E-state index in [1.165, 1.54) is 17.3 Å². The summed E-state index contributed by atoms with van der Waals surface area (Å²) in [7, 11) is 0. The summed E-state index contributed by atoms with van der Waals surface area (Å²) in [6.45, 7) is 0. The number of hydrogen-bond acceptors (Lipinski definition) is 2. The molecule has 2 nitrogen and oxygen atoms in total. The fourth-order valence-corrected chi connectivity index (χ4v) is 1.22. The van der Waals surface area contributed by atoms with Crippen LogP contribution in [-0.2, 0) is 4.79 Å². The van der Waals surface area contributed by atoms with Crippen LogP contribution in [0.4, 0.5) is 0 Å². The Kier molecular flexibility index (Phi) is 5.97. The van der Waals surface area contributed by atoms with Gasteiger partial charge in [0.05, 0.1) is 10.8 Å². The Balaban J connectivity index is 3.29. The maximum Gasteiger partial charge on any atom is 0.304 e. The van der Waals surface area contributed by atoms with Crippen LogP contribution < -0.4 is 0 Å². The van der Waals surface area contributed by atoms with Crippen molar-refractivity contribution in [2.45, 2.75) is 6.42 Å². The van der Waals surface area contributed by atoms with Gasteiger partial charge < -0.3 is 5.11 Å². The summed E-state index contributed by atoms with van der Waals surface area (Å²) in [6.07, 6.45) is 0.103. The quantitative estimate of drug-likeness (QED) is 0.758. The first-order chi connectivity index (χ1) is 4.66. The number of carboxylic acid groups (broad SMARTS) is 1. The van der Waals surface area contributed by atoms with Crippen molar-refractivity contribution in [1.82, 2.24) is 0 Å². The van der Waals surface area contributed by atoms with E-state index in [1.807, 2.05) is 0 Å². The van der Waals surface area contributed by atoms with E-state index < -0.39 is 5.97 Å². The third kappa shape index (κ3) is 6.26. The summed E-state index contributed by atoms with van der Waals surface area (Å²) in [4.78, 5) is 9.96. The molecule has 0 aromatic heterocycles. The van der Waals surface area contributed by atoms with Crippen molar-refractivity contribution in [2.24, 2.45) is 0 Å². The maximum absolute atomic E-state index is 9.96. The lowest BCUT2D eigenvalue weighted by Crippen LogP contribution is -1.95. The first-order valence-electron chi connectivity index (χ1n) is 2.47.